The second-order valence-electron chi connectivity index (χ2n) is 7.10. The summed E-state index contributed by atoms with van der Waals surface area (Å²) in [5, 5.41) is 13.4. The summed E-state index contributed by atoms with van der Waals surface area (Å²) in [6.07, 6.45) is -1.18. The van der Waals surface area contributed by atoms with Gasteiger partial charge in [0, 0.05) is 28.5 Å². The minimum Gasteiger partial charge on any atom is -0.449 e. The van der Waals surface area contributed by atoms with Gasteiger partial charge in [-0.1, -0.05) is 23.2 Å². The molecular formula is C22H17Cl2N3O7S. The molecule has 0 saturated carbocycles. The van der Waals surface area contributed by atoms with E-state index in [2.05, 4.69) is 10.0 Å². The van der Waals surface area contributed by atoms with Gasteiger partial charge in [0.1, 0.15) is 4.90 Å². The SMILES string of the molecule is C[C@H](OC(=O)c1ccc(NS(=O)(=O)c2cc(Cl)ccc2Cl)cc1)C(=O)Nc1ccc([N+](=O)[O-])cc1. The molecule has 3 aromatic rings. The van der Waals surface area contributed by atoms with E-state index in [9.17, 15) is 28.1 Å². The maximum absolute atomic E-state index is 12.6. The maximum atomic E-state index is 12.6. The average molecular weight is 538 g/mol. The van der Waals surface area contributed by atoms with E-state index in [0.29, 0.717) is 5.69 Å². The third-order valence-corrected chi connectivity index (χ3v) is 6.65. The van der Waals surface area contributed by atoms with Crippen LogP contribution < -0.4 is 10.0 Å². The number of nitro benzene ring substituents is 1. The van der Waals surface area contributed by atoms with E-state index in [1.54, 1.807) is 0 Å². The van der Waals surface area contributed by atoms with Gasteiger partial charge in [0.2, 0.25) is 0 Å². The highest BCUT2D eigenvalue weighted by Gasteiger charge is 2.21. The predicted octanol–water partition coefficient (Wildman–Crippen LogP) is 4.89. The summed E-state index contributed by atoms with van der Waals surface area (Å²) in [4.78, 5) is 34.6. The van der Waals surface area contributed by atoms with E-state index in [1.165, 1.54) is 73.7 Å². The number of hydrogen-bond donors (Lipinski definition) is 2. The summed E-state index contributed by atoms with van der Waals surface area (Å²) >= 11 is 11.8. The number of carbonyl (C=O) groups is 2. The van der Waals surface area contributed by atoms with E-state index in [4.69, 9.17) is 27.9 Å². The number of amides is 1. The molecule has 0 spiro atoms. The number of esters is 1. The molecule has 1 atom stereocenters. The molecule has 0 unspecified atom stereocenters. The van der Waals surface area contributed by atoms with Crippen LogP contribution in [0.3, 0.4) is 0 Å². The molecule has 3 rings (SSSR count). The summed E-state index contributed by atoms with van der Waals surface area (Å²) in [6, 6.07) is 14.5. The minimum absolute atomic E-state index is 0.0110. The predicted molar refractivity (Wildman–Crippen MR) is 130 cm³/mol. The molecule has 3 aromatic carbocycles. The number of benzene rings is 3. The monoisotopic (exact) mass is 537 g/mol. The van der Waals surface area contributed by atoms with Gasteiger partial charge in [0.25, 0.3) is 21.6 Å². The van der Waals surface area contributed by atoms with Crippen molar-refractivity contribution in [1.82, 2.24) is 0 Å². The summed E-state index contributed by atoms with van der Waals surface area (Å²) in [5.74, 6) is -1.46. The van der Waals surface area contributed by atoms with Crippen molar-refractivity contribution in [2.45, 2.75) is 17.9 Å². The first-order valence-corrected chi connectivity index (χ1v) is 12.0. The molecule has 0 bridgehead atoms. The lowest BCUT2D eigenvalue weighted by molar-refractivity contribution is -0.384. The van der Waals surface area contributed by atoms with Gasteiger partial charge in [-0.25, -0.2) is 13.2 Å². The number of ether oxygens (including phenoxy) is 1. The molecule has 0 aliphatic carbocycles. The van der Waals surface area contributed by atoms with Gasteiger partial charge in [-0.05, 0) is 61.5 Å². The largest absolute Gasteiger partial charge is 0.449 e. The summed E-state index contributed by atoms with van der Waals surface area (Å²) in [6.45, 7) is 1.36. The Morgan fingerprint density at radius 2 is 1.57 bits per heavy atom. The van der Waals surface area contributed by atoms with Crippen molar-refractivity contribution in [3.63, 3.8) is 0 Å². The number of hydrogen-bond acceptors (Lipinski definition) is 7. The number of halogens is 2. The van der Waals surface area contributed by atoms with Crippen LogP contribution in [0.25, 0.3) is 0 Å². The smallest absolute Gasteiger partial charge is 0.338 e. The van der Waals surface area contributed by atoms with E-state index in [0.717, 1.165) is 0 Å². The maximum Gasteiger partial charge on any atom is 0.338 e. The Kier molecular flexibility index (Phi) is 7.95. The second-order valence-corrected chi connectivity index (χ2v) is 9.59. The molecule has 1 amide bonds. The standard InChI is InChI=1S/C22H17Cl2N3O7S/c1-13(21(28)25-16-7-9-18(10-8-16)27(30)31)34-22(29)14-2-5-17(6-3-14)26-35(32,33)20-12-15(23)4-11-19(20)24/h2-13,26H,1H3,(H,25,28)/t13-/m0/s1. The summed E-state index contributed by atoms with van der Waals surface area (Å²) in [7, 11) is -4.04. The Morgan fingerprint density at radius 1 is 0.971 bits per heavy atom. The van der Waals surface area contributed by atoms with Gasteiger partial charge in [0.15, 0.2) is 6.10 Å². The van der Waals surface area contributed by atoms with Crippen LogP contribution in [0, 0.1) is 10.1 Å². The third kappa shape index (κ3) is 6.69. The molecular weight excluding hydrogens is 521 g/mol. The van der Waals surface area contributed by atoms with Crippen LogP contribution in [0.5, 0.6) is 0 Å². The number of nitrogens with zero attached hydrogens (tertiary/aromatic N) is 1. The molecule has 0 fully saturated rings. The molecule has 0 saturated heterocycles. The molecule has 0 aromatic heterocycles. The Balaban J connectivity index is 1.61. The molecule has 35 heavy (non-hydrogen) atoms. The molecule has 182 valence electrons. The molecule has 0 aliphatic heterocycles. The van der Waals surface area contributed by atoms with Gasteiger partial charge < -0.3 is 10.1 Å². The lowest BCUT2D eigenvalue weighted by Crippen LogP contribution is -2.30. The van der Waals surface area contributed by atoms with E-state index < -0.39 is 32.9 Å². The van der Waals surface area contributed by atoms with Gasteiger partial charge in [-0.3, -0.25) is 19.6 Å². The third-order valence-electron chi connectivity index (χ3n) is 4.55. The molecule has 10 nitrogen and oxygen atoms in total. The highest BCUT2D eigenvalue weighted by molar-refractivity contribution is 7.92. The van der Waals surface area contributed by atoms with Crippen molar-refractivity contribution in [2.24, 2.45) is 0 Å². The number of non-ortho nitro benzene ring substituents is 1. The van der Waals surface area contributed by atoms with Crippen molar-refractivity contribution in [3.05, 3.63) is 92.5 Å². The van der Waals surface area contributed by atoms with E-state index in [1.807, 2.05) is 0 Å². The molecule has 0 aliphatic rings. The van der Waals surface area contributed by atoms with Crippen LogP contribution in [-0.2, 0) is 19.6 Å². The quantitative estimate of drug-likeness (QED) is 0.236. The number of nitrogens with one attached hydrogen (secondary N) is 2. The molecule has 13 heteroatoms. The Labute approximate surface area is 210 Å². The van der Waals surface area contributed by atoms with Gasteiger partial charge >= 0.3 is 5.97 Å². The van der Waals surface area contributed by atoms with Crippen LogP contribution in [0.2, 0.25) is 10.0 Å². The number of carbonyl (C=O) groups excluding carboxylic acids is 2. The summed E-state index contributed by atoms with van der Waals surface area (Å²) in [5.41, 5.74) is 0.383. The van der Waals surface area contributed by atoms with Crippen LogP contribution in [-0.4, -0.2) is 31.3 Å². The zero-order valence-corrected chi connectivity index (χ0v) is 20.2. The number of nitro groups is 1. The normalized spacial score (nSPS) is 11.9. The van der Waals surface area contributed by atoms with Crippen LogP contribution >= 0.6 is 23.2 Å². The fourth-order valence-corrected chi connectivity index (χ4v) is 4.58. The Bertz CT molecular complexity index is 1380. The zero-order valence-electron chi connectivity index (χ0n) is 17.9. The fraction of sp³-hybridized carbons (Fsp3) is 0.0909. The number of rotatable bonds is 8. The first-order valence-electron chi connectivity index (χ1n) is 9.80. The van der Waals surface area contributed by atoms with Gasteiger partial charge in [0.05, 0.1) is 15.5 Å². The minimum atomic E-state index is -4.04. The fourth-order valence-electron chi connectivity index (χ4n) is 2.76. The van der Waals surface area contributed by atoms with Crippen molar-refractivity contribution in [2.75, 3.05) is 10.0 Å². The first kappa shape index (κ1) is 25.9. The van der Waals surface area contributed by atoms with Crippen LogP contribution in [0.4, 0.5) is 17.1 Å². The average Bonchev–Trinajstić information content (AvgIpc) is 2.81. The first-order chi connectivity index (χ1) is 16.5. The van der Waals surface area contributed by atoms with Crippen LogP contribution in [0.1, 0.15) is 17.3 Å². The summed E-state index contributed by atoms with van der Waals surface area (Å²) < 4.78 is 32.7. The highest BCUT2D eigenvalue weighted by Crippen LogP contribution is 2.27. The molecule has 0 radical (unpaired) electrons. The van der Waals surface area contributed by atoms with Crippen molar-refractivity contribution < 1.29 is 27.7 Å². The second kappa shape index (κ2) is 10.7. The van der Waals surface area contributed by atoms with E-state index >= 15 is 0 Å². The van der Waals surface area contributed by atoms with Crippen molar-refractivity contribution in [3.8, 4) is 0 Å². The Morgan fingerprint density at radius 3 is 2.17 bits per heavy atom. The highest BCUT2D eigenvalue weighted by atomic mass is 35.5. The Hall–Kier alpha value is -3.67. The van der Waals surface area contributed by atoms with E-state index in [-0.39, 0.29) is 31.9 Å². The molecule has 2 N–H and O–H groups in total. The topological polar surface area (TPSA) is 145 Å². The molecule has 0 heterocycles. The van der Waals surface area contributed by atoms with Crippen molar-refractivity contribution >= 4 is 62.2 Å². The lowest BCUT2D eigenvalue weighted by Gasteiger charge is -2.14. The van der Waals surface area contributed by atoms with Gasteiger partial charge in [-0.2, -0.15) is 0 Å². The zero-order chi connectivity index (χ0) is 25.8. The van der Waals surface area contributed by atoms with Gasteiger partial charge in [-0.15, -0.1) is 0 Å². The lowest BCUT2D eigenvalue weighted by atomic mass is 10.2. The number of anilines is 2. The van der Waals surface area contributed by atoms with Crippen LogP contribution in [0.15, 0.2) is 71.6 Å². The van der Waals surface area contributed by atoms with Crippen molar-refractivity contribution in [1.29, 1.82) is 0 Å². The number of sulfonamides is 1.